The van der Waals surface area contributed by atoms with Gasteiger partial charge in [0.15, 0.2) is 0 Å². The van der Waals surface area contributed by atoms with Crippen LogP contribution >= 0.6 is 0 Å². The van der Waals surface area contributed by atoms with E-state index in [1.54, 1.807) is 48.5 Å². The van der Waals surface area contributed by atoms with Crippen molar-refractivity contribution in [3.63, 3.8) is 0 Å². The third-order valence-corrected chi connectivity index (χ3v) is 5.23. The van der Waals surface area contributed by atoms with Crippen molar-refractivity contribution in [3.8, 4) is 11.5 Å². The molecule has 0 saturated heterocycles. The maximum Gasteiger partial charge on any atom is 0.344 e. The van der Waals surface area contributed by atoms with Crippen molar-refractivity contribution in [1.82, 2.24) is 0 Å². The van der Waals surface area contributed by atoms with E-state index in [9.17, 15) is 9.59 Å². The first-order chi connectivity index (χ1) is 14.9. The van der Waals surface area contributed by atoms with Gasteiger partial charge < -0.3 is 9.47 Å². The minimum atomic E-state index is -0.607. The van der Waals surface area contributed by atoms with Gasteiger partial charge in [-0.2, -0.15) is 0 Å². The lowest BCUT2D eigenvalue weighted by Crippen LogP contribution is -2.18. The lowest BCUT2D eigenvalue weighted by atomic mass is 9.87. The Bertz CT molecular complexity index is 1010. The summed E-state index contributed by atoms with van der Waals surface area (Å²) < 4.78 is 11.0. The third kappa shape index (κ3) is 5.64. The molecule has 0 radical (unpaired) electrons. The fourth-order valence-corrected chi connectivity index (χ4v) is 3.21. The van der Waals surface area contributed by atoms with Gasteiger partial charge >= 0.3 is 11.9 Å². The average Bonchev–Trinajstić information content (AvgIpc) is 2.73. The summed E-state index contributed by atoms with van der Waals surface area (Å²) in [5.41, 5.74) is 2.60. The molecule has 0 aliphatic carbocycles. The van der Waals surface area contributed by atoms with Crippen LogP contribution in [0.1, 0.15) is 73.4 Å². The normalized spacial score (nSPS) is 11.7. The molecular formula is C28H30O4. The second-order valence-electron chi connectivity index (χ2n) is 9.87. The minimum absolute atomic E-state index is 0.00395. The number of ether oxygens (including phenoxy) is 2. The molecule has 0 aliphatic heterocycles. The molecule has 0 atom stereocenters. The van der Waals surface area contributed by atoms with Crippen LogP contribution in [-0.2, 0) is 10.8 Å². The SMILES string of the molecule is CC(C)(C)c1ccc(OC(=O)c2ccccc2C(=O)Oc2ccc(C(C)(C)C)cc2)cc1. The van der Waals surface area contributed by atoms with Gasteiger partial charge in [0.2, 0.25) is 0 Å². The smallest absolute Gasteiger partial charge is 0.344 e. The highest BCUT2D eigenvalue weighted by molar-refractivity contribution is 6.04. The molecule has 0 heterocycles. The highest BCUT2D eigenvalue weighted by Gasteiger charge is 2.21. The summed E-state index contributed by atoms with van der Waals surface area (Å²) in [6.45, 7) is 12.7. The number of esters is 2. The van der Waals surface area contributed by atoms with E-state index >= 15 is 0 Å². The van der Waals surface area contributed by atoms with Gasteiger partial charge in [-0.25, -0.2) is 9.59 Å². The molecule has 166 valence electrons. The molecule has 3 aromatic rings. The quantitative estimate of drug-likeness (QED) is 0.340. The van der Waals surface area contributed by atoms with Crippen LogP contribution in [0, 0.1) is 0 Å². The van der Waals surface area contributed by atoms with Crippen LogP contribution in [0.15, 0.2) is 72.8 Å². The zero-order chi connectivity index (χ0) is 23.5. The van der Waals surface area contributed by atoms with E-state index in [-0.39, 0.29) is 22.0 Å². The van der Waals surface area contributed by atoms with E-state index in [1.807, 2.05) is 24.3 Å². The second-order valence-corrected chi connectivity index (χ2v) is 9.87. The highest BCUT2D eigenvalue weighted by atomic mass is 16.5. The molecule has 0 aliphatic rings. The molecule has 0 fully saturated rings. The van der Waals surface area contributed by atoms with Crippen molar-refractivity contribution in [3.05, 3.63) is 95.1 Å². The number of hydrogen-bond donors (Lipinski definition) is 0. The molecule has 0 unspecified atom stereocenters. The molecule has 0 saturated carbocycles. The predicted octanol–water partition coefficient (Wildman–Crippen LogP) is 6.72. The minimum Gasteiger partial charge on any atom is -0.423 e. The van der Waals surface area contributed by atoms with Gasteiger partial charge in [-0.15, -0.1) is 0 Å². The van der Waals surface area contributed by atoms with Crippen LogP contribution < -0.4 is 9.47 Å². The molecule has 3 aromatic carbocycles. The van der Waals surface area contributed by atoms with Crippen LogP contribution in [0.2, 0.25) is 0 Å². The van der Waals surface area contributed by atoms with Crippen molar-refractivity contribution in [1.29, 1.82) is 0 Å². The number of benzene rings is 3. The van der Waals surface area contributed by atoms with Crippen molar-refractivity contribution in [2.24, 2.45) is 0 Å². The monoisotopic (exact) mass is 430 g/mol. The van der Waals surface area contributed by atoms with Crippen molar-refractivity contribution < 1.29 is 19.1 Å². The Balaban J connectivity index is 1.76. The van der Waals surface area contributed by atoms with Gasteiger partial charge in [0.25, 0.3) is 0 Å². The zero-order valence-electron chi connectivity index (χ0n) is 19.6. The molecule has 0 amide bonds. The lowest BCUT2D eigenvalue weighted by Gasteiger charge is -2.19. The Kier molecular flexibility index (Phi) is 6.54. The van der Waals surface area contributed by atoms with Gasteiger partial charge in [0, 0.05) is 0 Å². The average molecular weight is 431 g/mol. The third-order valence-electron chi connectivity index (χ3n) is 5.23. The first-order valence-corrected chi connectivity index (χ1v) is 10.7. The molecular weight excluding hydrogens is 400 g/mol. The number of carbonyl (C=O) groups excluding carboxylic acids is 2. The highest BCUT2D eigenvalue weighted by Crippen LogP contribution is 2.26. The van der Waals surface area contributed by atoms with Crippen LogP contribution in [0.3, 0.4) is 0 Å². The summed E-state index contributed by atoms with van der Waals surface area (Å²) in [5.74, 6) is -0.374. The largest absolute Gasteiger partial charge is 0.423 e. The van der Waals surface area contributed by atoms with Gasteiger partial charge in [-0.05, 0) is 58.4 Å². The molecule has 0 spiro atoms. The summed E-state index contributed by atoms with van der Waals surface area (Å²) in [5, 5.41) is 0. The van der Waals surface area contributed by atoms with Crippen LogP contribution in [0.25, 0.3) is 0 Å². The van der Waals surface area contributed by atoms with E-state index in [0.717, 1.165) is 11.1 Å². The molecule has 4 nitrogen and oxygen atoms in total. The van der Waals surface area contributed by atoms with Crippen molar-refractivity contribution in [2.45, 2.75) is 52.4 Å². The number of hydrogen-bond acceptors (Lipinski definition) is 4. The predicted molar refractivity (Wildman–Crippen MR) is 127 cm³/mol. The molecule has 0 bridgehead atoms. The Morgan fingerprint density at radius 2 is 0.844 bits per heavy atom. The van der Waals surface area contributed by atoms with Gasteiger partial charge in [0.05, 0.1) is 11.1 Å². The number of rotatable bonds is 4. The van der Waals surface area contributed by atoms with E-state index in [4.69, 9.17) is 9.47 Å². The Hall–Kier alpha value is -3.40. The molecule has 4 heteroatoms. The Labute approximate surface area is 190 Å². The fourth-order valence-electron chi connectivity index (χ4n) is 3.21. The molecule has 0 N–H and O–H groups in total. The van der Waals surface area contributed by atoms with Gasteiger partial charge in [-0.3, -0.25) is 0 Å². The van der Waals surface area contributed by atoms with Gasteiger partial charge in [0.1, 0.15) is 11.5 Å². The van der Waals surface area contributed by atoms with E-state index in [0.29, 0.717) is 11.5 Å². The molecule has 0 aromatic heterocycles. The molecule has 32 heavy (non-hydrogen) atoms. The van der Waals surface area contributed by atoms with E-state index < -0.39 is 11.9 Å². The van der Waals surface area contributed by atoms with Gasteiger partial charge in [-0.1, -0.05) is 77.9 Å². The number of carbonyl (C=O) groups is 2. The van der Waals surface area contributed by atoms with Crippen molar-refractivity contribution >= 4 is 11.9 Å². The Morgan fingerprint density at radius 1 is 0.531 bits per heavy atom. The van der Waals surface area contributed by atoms with Crippen LogP contribution in [0.4, 0.5) is 0 Å². The Morgan fingerprint density at radius 3 is 1.12 bits per heavy atom. The van der Waals surface area contributed by atoms with E-state index in [2.05, 4.69) is 41.5 Å². The summed E-state index contributed by atoms with van der Waals surface area (Å²) in [7, 11) is 0. The van der Waals surface area contributed by atoms with Crippen molar-refractivity contribution in [2.75, 3.05) is 0 Å². The maximum absolute atomic E-state index is 12.8. The summed E-state index contributed by atoms with van der Waals surface area (Å²) in [6.07, 6.45) is 0. The standard InChI is InChI=1S/C28H30O4/c1-27(2,3)19-11-15-21(16-12-19)31-25(29)23-9-7-8-10-24(23)26(30)32-22-17-13-20(14-18-22)28(4,5)6/h7-18H,1-6H3. The maximum atomic E-state index is 12.8. The lowest BCUT2D eigenvalue weighted by molar-refractivity contribution is 0.0692. The summed E-state index contributed by atoms with van der Waals surface area (Å²) in [6, 6.07) is 21.3. The summed E-state index contributed by atoms with van der Waals surface area (Å²) >= 11 is 0. The fraction of sp³-hybridized carbons (Fsp3) is 0.286. The zero-order valence-corrected chi connectivity index (χ0v) is 19.6. The van der Waals surface area contributed by atoms with Crippen LogP contribution in [-0.4, -0.2) is 11.9 Å². The van der Waals surface area contributed by atoms with E-state index in [1.165, 1.54) is 0 Å². The molecule has 3 rings (SSSR count). The topological polar surface area (TPSA) is 52.6 Å². The second kappa shape index (κ2) is 8.99. The first kappa shape index (κ1) is 23.3. The summed E-state index contributed by atoms with van der Waals surface area (Å²) in [4.78, 5) is 25.6. The van der Waals surface area contributed by atoms with Crippen LogP contribution in [0.5, 0.6) is 11.5 Å². The first-order valence-electron chi connectivity index (χ1n) is 10.7.